The zero-order valence-electron chi connectivity index (χ0n) is 9.43. The topological polar surface area (TPSA) is 51.0 Å². The molecule has 1 aliphatic rings. The van der Waals surface area contributed by atoms with Crippen molar-refractivity contribution in [2.75, 3.05) is 6.54 Å². The molecule has 5 nitrogen and oxygen atoms in total. The zero-order chi connectivity index (χ0) is 11.7. The summed E-state index contributed by atoms with van der Waals surface area (Å²) in [6, 6.07) is -0.0136. The predicted octanol–water partition coefficient (Wildman–Crippen LogP) is 1.26. The van der Waals surface area contributed by atoms with Crippen molar-refractivity contribution in [2.24, 2.45) is 7.05 Å². The van der Waals surface area contributed by atoms with E-state index >= 15 is 0 Å². The predicted molar refractivity (Wildman–Crippen MR) is 63.1 cm³/mol. The van der Waals surface area contributed by atoms with Crippen LogP contribution in [0.5, 0.6) is 0 Å². The Morgan fingerprint density at radius 2 is 2.38 bits per heavy atom. The summed E-state index contributed by atoms with van der Waals surface area (Å²) in [5.41, 5.74) is 0. The highest BCUT2D eigenvalue weighted by molar-refractivity contribution is 9.10. The van der Waals surface area contributed by atoms with Gasteiger partial charge in [-0.3, -0.25) is 4.79 Å². The van der Waals surface area contributed by atoms with Gasteiger partial charge in [-0.05, 0) is 19.8 Å². The third-order valence-electron chi connectivity index (χ3n) is 3.00. The molecule has 1 aliphatic heterocycles. The molecule has 0 aliphatic carbocycles. The van der Waals surface area contributed by atoms with E-state index in [1.807, 2.05) is 23.4 Å². The monoisotopic (exact) mass is 286 g/mol. The van der Waals surface area contributed by atoms with Gasteiger partial charge in [0.1, 0.15) is 6.33 Å². The number of likely N-dealkylation sites (tertiary alicyclic amines) is 1. The van der Waals surface area contributed by atoms with Gasteiger partial charge in [0.25, 0.3) is 0 Å². The number of hydrogen-bond donors (Lipinski definition) is 0. The lowest BCUT2D eigenvalue weighted by molar-refractivity contribution is -0.134. The average Bonchev–Trinajstić information content (AvgIpc) is 2.68. The van der Waals surface area contributed by atoms with E-state index in [1.54, 1.807) is 6.33 Å². The molecule has 0 N–H and O–H groups in total. The second-order valence-corrected chi connectivity index (χ2v) is 5.22. The van der Waals surface area contributed by atoms with Crippen LogP contribution in [-0.4, -0.2) is 36.9 Å². The van der Waals surface area contributed by atoms with E-state index < -0.39 is 0 Å². The Hall–Kier alpha value is -0.910. The maximum absolute atomic E-state index is 12.0. The normalized spacial score (nSPS) is 23.6. The van der Waals surface area contributed by atoms with E-state index in [4.69, 9.17) is 0 Å². The van der Waals surface area contributed by atoms with Gasteiger partial charge in [0.05, 0.1) is 10.9 Å². The minimum Gasteiger partial charge on any atom is -0.332 e. The van der Waals surface area contributed by atoms with Crippen LogP contribution in [0.3, 0.4) is 0 Å². The quantitative estimate of drug-likeness (QED) is 0.770. The van der Waals surface area contributed by atoms with Crippen LogP contribution in [0.2, 0.25) is 0 Å². The Labute approximate surface area is 103 Å². The van der Waals surface area contributed by atoms with Crippen molar-refractivity contribution in [2.45, 2.75) is 30.6 Å². The lowest BCUT2D eigenvalue weighted by Crippen LogP contribution is -2.43. The fourth-order valence-corrected chi connectivity index (χ4v) is 2.64. The number of aryl methyl sites for hydroxylation is 1. The molecular formula is C10H15BrN4O. The zero-order valence-corrected chi connectivity index (χ0v) is 11.0. The molecule has 0 spiro atoms. The van der Waals surface area contributed by atoms with Crippen LogP contribution in [0.4, 0.5) is 0 Å². The van der Waals surface area contributed by atoms with E-state index in [2.05, 4.69) is 26.1 Å². The van der Waals surface area contributed by atoms with Crippen molar-refractivity contribution in [3.8, 4) is 0 Å². The number of aromatic nitrogens is 3. The van der Waals surface area contributed by atoms with Crippen LogP contribution in [0.15, 0.2) is 6.33 Å². The second-order valence-electron chi connectivity index (χ2n) is 4.12. The maximum atomic E-state index is 12.0. The molecule has 6 heteroatoms. The summed E-state index contributed by atoms with van der Waals surface area (Å²) in [5, 5.41) is 7.90. The molecule has 0 saturated carbocycles. The van der Waals surface area contributed by atoms with Crippen LogP contribution < -0.4 is 0 Å². The SMILES string of the molecule is CC(c1nncn1C)N1CCCC(Br)C1=O. The Balaban J connectivity index is 2.18. The third-order valence-corrected chi connectivity index (χ3v) is 3.84. The number of alkyl halides is 1. The van der Waals surface area contributed by atoms with Crippen molar-refractivity contribution in [3.05, 3.63) is 12.2 Å². The van der Waals surface area contributed by atoms with Crippen LogP contribution in [0, 0.1) is 0 Å². The van der Waals surface area contributed by atoms with Crippen molar-refractivity contribution in [3.63, 3.8) is 0 Å². The molecule has 0 aromatic carbocycles. The van der Waals surface area contributed by atoms with Crippen LogP contribution in [-0.2, 0) is 11.8 Å². The van der Waals surface area contributed by atoms with Crippen LogP contribution >= 0.6 is 15.9 Å². The first kappa shape index (κ1) is 11.6. The average molecular weight is 287 g/mol. The summed E-state index contributed by atoms with van der Waals surface area (Å²) >= 11 is 3.41. The summed E-state index contributed by atoms with van der Waals surface area (Å²) < 4.78 is 1.86. The molecule has 0 radical (unpaired) electrons. The fraction of sp³-hybridized carbons (Fsp3) is 0.700. The summed E-state index contributed by atoms with van der Waals surface area (Å²) in [7, 11) is 1.89. The molecule has 1 fully saturated rings. The number of nitrogens with zero attached hydrogens (tertiary/aromatic N) is 4. The number of halogens is 1. The van der Waals surface area contributed by atoms with E-state index in [9.17, 15) is 4.79 Å². The third kappa shape index (κ3) is 1.98. The first-order chi connectivity index (χ1) is 7.61. The number of rotatable bonds is 2. The summed E-state index contributed by atoms with van der Waals surface area (Å²) in [6.07, 6.45) is 3.61. The van der Waals surface area contributed by atoms with Gasteiger partial charge in [0.15, 0.2) is 5.82 Å². The maximum Gasteiger partial charge on any atom is 0.236 e. The van der Waals surface area contributed by atoms with Gasteiger partial charge in [-0.1, -0.05) is 15.9 Å². The van der Waals surface area contributed by atoms with Crippen LogP contribution in [0.25, 0.3) is 0 Å². The molecule has 2 atom stereocenters. The van der Waals surface area contributed by atoms with E-state index in [0.29, 0.717) is 0 Å². The number of carbonyl (C=O) groups excluding carboxylic acids is 1. The Morgan fingerprint density at radius 3 is 3.00 bits per heavy atom. The second kappa shape index (κ2) is 4.53. The summed E-state index contributed by atoms with van der Waals surface area (Å²) in [4.78, 5) is 13.8. The first-order valence-electron chi connectivity index (χ1n) is 5.39. The molecule has 1 aromatic heterocycles. The molecule has 88 valence electrons. The van der Waals surface area contributed by atoms with Crippen molar-refractivity contribution in [1.29, 1.82) is 0 Å². The number of amides is 1. The smallest absolute Gasteiger partial charge is 0.236 e. The van der Waals surface area contributed by atoms with E-state index in [0.717, 1.165) is 25.2 Å². The number of hydrogen-bond acceptors (Lipinski definition) is 3. The molecule has 2 rings (SSSR count). The van der Waals surface area contributed by atoms with Crippen molar-refractivity contribution in [1.82, 2.24) is 19.7 Å². The standard InChI is InChI=1S/C10H15BrN4O/c1-7(9-13-12-6-14(9)2)15-5-3-4-8(11)10(15)16/h6-8H,3-5H2,1-2H3. The van der Waals surface area contributed by atoms with Crippen molar-refractivity contribution >= 4 is 21.8 Å². The summed E-state index contributed by atoms with van der Waals surface area (Å²) in [6.45, 7) is 2.79. The molecule has 1 saturated heterocycles. The highest BCUT2D eigenvalue weighted by Gasteiger charge is 2.31. The number of carbonyl (C=O) groups is 1. The van der Waals surface area contributed by atoms with E-state index in [1.165, 1.54) is 0 Å². The summed E-state index contributed by atoms with van der Waals surface area (Å²) in [5.74, 6) is 0.983. The molecule has 1 amide bonds. The van der Waals surface area contributed by atoms with Gasteiger partial charge in [-0.15, -0.1) is 10.2 Å². The van der Waals surface area contributed by atoms with Gasteiger partial charge < -0.3 is 9.47 Å². The van der Waals surface area contributed by atoms with Gasteiger partial charge in [0, 0.05) is 13.6 Å². The largest absolute Gasteiger partial charge is 0.332 e. The molecule has 1 aromatic rings. The molecular weight excluding hydrogens is 272 g/mol. The van der Waals surface area contributed by atoms with Gasteiger partial charge in [-0.2, -0.15) is 0 Å². The first-order valence-corrected chi connectivity index (χ1v) is 6.31. The fourth-order valence-electron chi connectivity index (χ4n) is 2.05. The minimum absolute atomic E-state index is 0.0136. The molecule has 2 unspecified atom stereocenters. The lowest BCUT2D eigenvalue weighted by atomic mass is 10.1. The van der Waals surface area contributed by atoms with Crippen molar-refractivity contribution < 1.29 is 4.79 Å². The minimum atomic E-state index is -0.0445. The van der Waals surface area contributed by atoms with E-state index in [-0.39, 0.29) is 16.8 Å². The highest BCUT2D eigenvalue weighted by atomic mass is 79.9. The Morgan fingerprint density at radius 1 is 1.62 bits per heavy atom. The molecule has 16 heavy (non-hydrogen) atoms. The van der Waals surface area contributed by atoms with Gasteiger partial charge in [-0.25, -0.2) is 0 Å². The molecule has 0 bridgehead atoms. The molecule has 2 heterocycles. The van der Waals surface area contributed by atoms with Crippen LogP contribution in [0.1, 0.15) is 31.6 Å². The van der Waals surface area contributed by atoms with Gasteiger partial charge >= 0.3 is 0 Å². The highest BCUT2D eigenvalue weighted by Crippen LogP contribution is 2.26. The van der Waals surface area contributed by atoms with Gasteiger partial charge in [0.2, 0.25) is 5.91 Å². The lowest BCUT2D eigenvalue weighted by Gasteiger charge is -2.34. The Kier molecular flexibility index (Phi) is 3.28. The Bertz CT molecular complexity index is 392. The number of piperidine rings is 1.